The molecule has 1 rings (SSSR count). The Bertz CT molecular complexity index is 236. The van der Waals surface area contributed by atoms with Gasteiger partial charge in [0.2, 0.25) is 0 Å². The molecule has 1 fully saturated rings. The molecule has 0 spiro atoms. The standard InChI is InChI=1S/C11H21NO5/c1-15-5-6-17-4-3-12-8-9(13)7-10(12)11(14)16-2/h9-10,13H,3-8H2,1-2H3. The number of nitrogens with zero attached hydrogens (tertiary/aromatic N) is 1. The lowest BCUT2D eigenvalue weighted by molar-refractivity contribution is -0.146. The number of methoxy groups -OCH3 is 2. The Kier molecular flexibility index (Phi) is 6.43. The molecule has 6 heteroatoms. The van der Waals surface area contributed by atoms with Crippen molar-refractivity contribution in [2.24, 2.45) is 0 Å². The zero-order valence-corrected chi connectivity index (χ0v) is 10.4. The van der Waals surface area contributed by atoms with E-state index in [1.807, 2.05) is 4.90 Å². The van der Waals surface area contributed by atoms with E-state index in [0.29, 0.717) is 39.3 Å². The first-order chi connectivity index (χ1) is 8.19. The van der Waals surface area contributed by atoms with Gasteiger partial charge in [-0.2, -0.15) is 0 Å². The van der Waals surface area contributed by atoms with Gasteiger partial charge in [-0.3, -0.25) is 9.69 Å². The maximum Gasteiger partial charge on any atom is 0.323 e. The van der Waals surface area contributed by atoms with Crippen molar-refractivity contribution >= 4 is 5.97 Å². The number of ether oxygens (including phenoxy) is 3. The predicted octanol–water partition coefficient (Wildman–Crippen LogP) is -0.742. The van der Waals surface area contributed by atoms with Gasteiger partial charge in [0.05, 0.1) is 33.0 Å². The van der Waals surface area contributed by atoms with Gasteiger partial charge in [0.1, 0.15) is 6.04 Å². The smallest absolute Gasteiger partial charge is 0.323 e. The highest BCUT2D eigenvalue weighted by Gasteiger charge is 2.36. The minimum absolute atomic E-state index is 0.293. The summed E-state index contributed by atoms with van der Waals surface area (Å²) < 4.78 is 14.9. The fraction of sp³-hybridized carbons (Fsp3) is 0.909. The summed E-state index contributed by atoms with van der Waals surface area (Å²) in [5, 5.41) is 9.54. The van der Waals surface area contributed by atoms with Crippen LogP contribution < -0.4 is 0 Å². The SMILES string of the molecule is COCCOCCN1CC(O)CC1C(=O)OC. The first-order valence-corrected chi connectivity index (χ1v) is 5.75. The Hall–Kier alpha value is -0.690. The molecule has 6 nitrogen and oxygen atoms in total. The van der Waals surface area contributed by atoms with Gasteiger partial charge < -0.3 is 19.3 Å². The second-order valence-corrected chi connectivity index (χ2v) is 4.03. The number of rotatable bonds is 7. The van der Waals surface area contributed by atoms with E-state index in [0.717, 1.165) is 0 Å². The van der Waals surface area contributed by atoms with Gasteiger partial charge in [0.25, 0.3) is 0 Å². The van der Waals surface area contributed by atoms with Gasteiger partial charge in [-0.25, -0.2) is 0 Å². The van der Waals surface area contributed by atoms with Crippen LogP contribution in [0.3, 0.4) is 0 Å². The zero-order valence-electron chi connectivity index (χ0n) is 10.4. The number of carbonyl (C=O) groups is 1. The minimum atomic E-state index is -0.460. The largest absolute Gasteiger partial charge is 0.468 e. The number of carbonyl (C=O) groups excluding carboxylic acids is 1. The molecular formula is C11H21NO5. The molecule has 1 aliphatic heterocycles. The van der Waals surface area contributed by atoms with E-state index in [2.05, 4.69) is 0 Å². The topological polar surface area (TPSA) is 68.2 Å². The molecular weight excluding hydrogens is 226 g/mol. The molecule has 1 heterocycles. The molecule has 0 bridgehead atoms. The van der Waals surface area contributed by atoms with E-state index in [1.165, 1.54) is 7.11 Å². The van der Waals surface area contributed by atoms with Crippen LogP contribution in [0.5, 0.6) is 0 Å². The van der Waals surface area contributed by atoms with Crippen molar-refractivity contribution in [3.8, 4) is 0 Å². The number of β-amino-alcohol motifs (C(OH)–C–C–N with tert-alkyl or cyclic N) is 1. The monoisotopic (exact) mass is 247 g/mol. The minimum Gasteiger partial charge on any atom is -0.468 e. The van der Waals surface area contributed by atoms with Gasteiger partial charge in [0, 0.05) is 26.6 Å². The van der Waals surface area contributed by atoms with Gasteiger partial charge in [-0.15, -0.1) is 0 Å². The molecule has 2 unspecified atom stereocenters. The van der Waals surface area contributed by atoms with Crippen LogP contribution in [0, 0.1) is 0 Å². The molecule has 0 aromatic rings. The number of esters is 1. The molecule has 0 amide bonds. The quantitative estimate of drug-likeness (QED) is 0.472. The number of hydrogen-bond acceptors (Lipinski definition) is 6. The maximum absolute atomic E-state index is 11.5. The summed E-state index contributed by atoms with van der Waals surface area (Å²) in [5.74, 6) is -0.293. The van der Waals surface area contributed by atoms with E-state index in [9.17, 15) is 9.90 Å². The summed E-state index contributed by atoms with van der Waals surface area (Å²) in [4.78, 5) is 13.4. The Labute approximate surface area is 101 Å². The van der Waals surface area contributed by atoms with E-state index in [4.69, 9.17) is 14.2 Å². The third-order valence-electron chi connectivity index (χ3n) is 2.81. The van der Waals surface area contributed by atoms with Gasteiger partial charge in [-0.05, 0) is 0 Å². The summed E-state index contributed by atoms with van der Waals surface area (Å²) in [6, 6.07) is -0.346. The van der Waals surface area contributed by atoms with Gasteiger partial charge in [-0.1, -0.05) is 0 Å². The zero-order chi connectivity index (χ0) is 12.7. The van der Waals surface area contributed by atoms with Crippen LogP contribution in [-0.4, -0.2) is 75.3 Å². The van der Waals surface area contributed by atoms with Crippen molar-refractivity contribution in [1.82, 2.24) is 4.90 Å². The molecule has 0 aromatic carbocycles. The average Bonchev–Trinajstić information content (AvgIpc) is 2.69. The summed E-state index contributed by atoms with van der Waals surface area (Å²) >= 11 is 0. The summed E-state index contributed by atoms with van der Waals surface area (Å²) in [5.41, 5.74) is 0. The average molecular weight is 247 g/mol. The third kappa shape index (κ3) is 4.59. The van der Waals surface area contributed by atoms with E-state index in [-0.39, 0.29) is 12.0 Å². The van der Waals surface area contributed by atoms with Crippen molar-refractivity contribution in [2.45, 2.75) is 18.6 Å². The van der Waals surface area contributed by atoms with Crippen molar-refractivity contribution in [3.63, 3.8) is 0 Å². The lowest BCUT2D eigenvalue weighted by Crippen LogP contribution is -2.39. The molecule has 100 valence electrons. The molecule has 1 N–H and O–H groups in total. The molecule has 0 radical (unpaired) electrons. The van der Waals surface area contributed by atoms with Crippen LogP contribution in [0.15, 0.2) is 0 Å². The van der Waals surface area contributed by atoms with Crippen LogP contribution in [0.4, 0.5) is 0 Å². The van der Waals surface area contributed by atoms with Gasteiger partial charge in [0.15, 0.2) is 0 Å². The molecule has 0 aromatic heterocycles. The molecule has 1 saturated heterocycles. The lowest BCUT2D eigenvalue weighted by Gasteiger charge is -2.21. The first-order valence-electron chi connectivity index (χ1n) is 5.75. The second kappa shape index (κ2) is 7.60. The molecule has 2 atom stereocenters. The third-order valence-corrected chi connectivity index (χ3v) is 2.81. The normalized spacial score (nSPS) is 25.1. The van der Waals surface area contributed by atoms with Crippen molar-refractivity contribution in [3.05, 3.63) is 0 Å². The van der Waals surface area contributed by atoms with E-state index in [1.54, 1.807) is 7.11 Å². The first kappa shape index (κ1) is 14.4. The predicted molar refractivity (Wildman–Crippen MR) is 60.7 cm³/mol. The summed E-state index contributed by atoms with van der Waals surface area (Å²) in [6.45, 7) is 2.72. The summed E-state index contributed by atoms with van der Waals surface area (Å²) in [6.07, 6.45) is -0.0249. The van der Waals surface area contributed by atoms with Crippen LogP contribution >= 0.6 is 0 Å². The fourth-order valence-corrected chi connectivity index (χ4v) is 1.93. The molecule has 1 aliphatic rings. The summed E-state index contributed by atoms with van der Waals surface area (Å²) in [7, 11) is 2.98. The van der Waals surface area contributed by atoms with Crippen molar-refractivity contribution in [1.29, 1.82) is 0 Å². The Morgan fingerprint density at radius 1 is 1.35 bits per heavy atom. The van der Waals surface area contributed by atoms with Crippen molar-refractivity contribution < 1.29 is 24.1 Å². The van der Waals surface area contributed by atoms with Crippen LogP contribution in [0.2, 0.25) is 0 Å². The number of likely N-dealkylation sites (tertiary alicyclic amines) is 1. The molecule has 0 aliphatic carbocycles. The fourth-order valence-electron chi connectivity index (χ4n) is 1.93. The highest BCUT2D eigenvalue weighted by Crippen LogP contribution is 2.18. The van der Waals surface area contributed by atoms with Crippen LogP contribution in [-0.2, 0) is 19.0 Å². The Morgan fingerprint density at radius 2 is 2.12 bits per heavy atom. The van der Waals surface area contributed by atoms with Crippen LogP contribution in [0.25, 0.3) is 0 Å². The second-order valence-electron chi connectivity index (χ2n) is 4.03. The number of hydrogen-bond donors (Lipinski definition) is 1. The van der Waals surface area contributed by atoms with Crippen molar-refractivity contribution in [2.75, 3.05) is 47.1 Å². The number of aliphatic hydroxyl groups excluding tert-OH is 1. The highest BCUT2D eigenvalue weighted by atomic mass is 16.5. The number of aliphatic hydroxyl groups is 1. The van der Waals surface area contributed by atoms with E-state index < -0.39 is 6.10 Å². The lowest BCUT2D eigenvalue weighted by atomic mass is 10.2. The molecule has 17 heavy (non-hydrogen) atoms. The Balaban J connectivity index is 2.27. The molecule has 0 saturated carbocycles. The highest BCUT2D eigenvalue weighted by molar-refractivity contribution is 5.76. The van der Waals surface area contributed by atoms with Gasteiger partial charge >= 0.3 is 5.97 Å². The van der Waals surface area contributed by atoms with E-state index >= 15 is 0 Å². The maximum atomic E-state index is 11.5. The Morgan fingerprint density at radius 3 is 2.76 bits per heavy atom. The van der Waals surface area contributed by atoms with Crippen LogP contribution in [0.1, 0.15) is 6.42 Å².